The molecule has 0 spiro atoms. The average molecular weight is 529 g/mol. The summed E-state index contributed by atoms with van der Waals surface area (Å²) in [5.74, 6) is 0. The van der Waals surface area contributed by atoms with Crippen molar-refractivity contribution < 1.29 is 0 Å². The lowest BCUT2D eigenvalue weighted by atomic mass is 9.82. The van der Waals surface area contributed by atoms with E-state index in [1.165, 1.54) is 75.8 Å². The van der Waals surface area contributed by atoms with E-state index in [1.54, 1.807) is 0 Å². The second-order valence-corrected chi connectivity index (χ2v) is 12.4. The van der Waals surface area contributed by atoms with Crippen LogP contribution in [0, 0.1) is 0 Å². The van der Waals surface area contributed by atoms with Crippen LogP contribution in [-0.2, 0) is 5.41 Å². The number of rotatable bonds is 3. The van der Waals surface area contributed by atoms with E-state index in [9.17, 15) is 0 Å². The molecule has 8 rings (SSSR count). The highest BCUT2D eigenvalue weighted by Crippen LogP contribution is 2.54. The minimum absolute atomic E-state index is 0.0331. The highest BCUT2D eigenvalue weighted by Gasteiger charge is 2.37. The molecule has 0 atom stereocenters. The third-order valence-electron chi connectivity index (χ3n) is 8.66. The molecule has 1 aliphatic carbocycles. The van der Waals surface area contributed by atoms with Gasteiger partial charge in [0.25, 0.3) is 0 Å². The number of hydrogen-bond donors (Lipinski definition) is 0. The van der Waals surface area contributed by atoms with Gasteiger partial charge < -0.3 is 0 Å². The van der Waals surface area contributed by atoms with Crippen molar-refractivity contribution in [3.63, 3.8) is 0 Å². The largest absolute Gasteiger partial charge is 0.135 e. The van der Waals surface area contributed by atoms with E-state index in [2.05, 4.69) is 147 Å². The summed E-state index contributed by atoms with van der Waals surface area (Å²) >= 11 is 1.93. The lowest BCUT2D eigenvalue weighted by molar-refractivity contribution is 0.661. The Morgan fingerprint density at radius 1 is 0.450 bits per heavy atom. The number of hydrogen-bond acceptors (Lipinski definition) is 1. The van der Waals surface area contributed by atoms with Gasteiger partial charge in [0.05, 0.1) is 0 Å². The Kier molecular flexibility index (Phi) is 5.14. The molecule has 1 aromatic heterocycles. The molecule has 0 saturated carbocycles. The Balaban J connectivity index is 1.37. The molecule has 0 radical (unpaired) electrons. The Morgan fingerprint density at radius 3 is 1.70 bits per heavy atom. The fourth-order valence-electron chi connectivity index (χ4n) is 6.59. The molecule has 40 heavy (non-hydrogen) atoms. The molecule has 6 aromatic carbocycles. The van der Waals surface area contributed by atoms with Crippen LogP contribution in [0.5, 0.6) is 0 Å². The van der Waals surface area contributed by atoms with Crippen LogP contribution in [0.3, 0.4) is 0 Å². The van der Waals surface area contributed by atoms with Crippen molar-refractivity contribution in [1.82, 2.24) is 0 Å². The van der Waals surface area contributed by atoms with Gasteiger partial charge in [-0.1, -0.05) is 117 Å². The van der Waals surface area contributed by atoms with Crippen LogP contribution in [0.15, 0.2) is 133 Å². The van der Waals surface area contributed by atoms with E-state index in [1.807, 2.05) is 11.3 Å². The first-order chi connectivity index (χ1) is 19.6. The van der Waals surface area contributed by atoms with Gasteiger partial charge in [0, 0.05) is 31.2 Å². The lowest BCUT2D eigenvalue weighted by Crippen LogP contribution is -2.14. The van der Waals surface area contributed by atoms with E-state index in [0.29, 0.717) is 0 Å². The van der Waals surface area contributed by atoms with Crippen molar-refractivity contribution in [1.29, 1.82) is 0 Å². The predicted molar refractivity (Wildman–Crippen MR) is 173 cm³/mol. The normalized spacial score (nSPS) is 13.4. The second-order valence-electron chi connectivity index (χ2n) is 11.4. The summed E-state index contributed by atoms with van der Waals surface area (Å²) in [6.07, 6.45) is 0. The van der Waals surface area contributed by atoms with Crippen LogP contribution >= 0.6 is 11.3 Å². The van der Waals surface area contributed by atoms with Gasteiger partial charge in [0.2, 0.25) is 0 Å². The molecule has 7 aromatic rings. The lowest BCUT2D eigenvalue weighted by Gasteiger charge is -2.21. The Hall–Kier alpha value is -4.46. The molecule has 0 aliphatic heterocycles. The number of fused-ring (bicyclic) bond motifs is 7. The Morgan fingerprint density at radius 2 is 1.02 bits per heavy atom. The van der Waals surface area contributed by atoms with Gasteiger partial charge in [-0.2, -0.15) is 0 Å². The molecule has 0 bridgehead atoms. The fourth-order valence-corrected chi connectivity index (χ4v) is 7.85. The maximum absolute atomic E-state index is 2.45. The van der Waals surface area contributed by atoms with E-state index < -0.39 is 0 Å². The maximum Gasteiger partial charge on any atom is 0.0437 e. The molecular formula is C39H28S. The molecule has 190 valence electrons. The number of thiophene rings is 1. The van der Waals surface area contributed by atoms with Crippen molar-refractivity contribution in [2.75, 3.05) is 0 Å². The highest BCUT2D eigenvalue weighted by atomic mass is 32.1. The van der Waals surface area contributed by atoms with Crippen molar-refractivity contribution in [3.8, 4) is 44.5 Å². The molecule has 0 unspecified atom stereocenters. The molecule has 0 N–H and O–H groups in total. The summed E-state index contributed by atoms with van der Waals surface area (Å²) in [5.41, 5.74) is 13.1. The van der Waals surface area contributed by atoms with Crippen LogP contribution < -0.4 is 0 Å². The summed E-state index contributed by atoms with van der Waals surface area (Å²) in [5, 5.41) is 2.72. The standard InChI is InChI=1S/C39H28S/c1-39(2)34-19-17-27(24-33(34)37-35(39)20-18-32-31-15-9-10-16-36(31)40-38(32)37)30-22-28(25-11-5-3-6-12-25)21-29(23-30)26-13-7-4-8-14-26/h3-24H,1-2H3. The summed E-state index contributed by atoms with van der Waals surface area (Å²) in [6, 6.07) is 49.2. The van der Waals surface area contributed by atoms with Gasteiger partial charge in [-0.25, -0.2) is 0 Å². The first kappa shape index (κ1) is 23.4. The SMILES string of the molecule is CC1(C)c2ccc(-c3cc(-c4ccccc4)cc(-c4ccccc4)c3)cc2-c2c1ccc1c2sc2ccccc21. The summed E-state index contributed by atoms with van der Waals surface area (Å²) in [4.78, 5) is 0. The Bertz CT molecular complexity index is 2000. The minimum Gasteiger partial charge on any atom is -0.135 e. The highest BCUT2D eigenvalue weighted by molar-refractivity contribution is 7.26. The van der Waals surface area contributed by atoms with E-state index in [-0.39, 0.29) is 5.41 Å². The monoisotopic (exact) mass is 528 g/mol. The second kappa shape index (κ2) is 8.78. The molecule has 1 aliphatic rings. The minimum atomic E-state index is -0.0331. The van der Waals surface area contributed by atoms with Crippen LogP contribution in [0.25, 0.3) is 64.7 Å². The van der Waals surface area contributed by atoms with Gasteiger partial charge in [-0.3, -0.25) is 0 Å². The van der Waals surface area contributed by atoms with Gasteiger partial charge >= 0.3 is 0 Å². The fraction of sp³-hybridized carbons (Fsp3) is 0.0769. The van der Waals surface area contributed by atoms with Gasteiger partial charge in [0.1, 0.15) is 0 Å². The third kappa shape index (κ3) is 3.51. The Labute approximate surface area is 239 Å². The number of benzene rings is 6. The van der Waals surface area contributed by atoms with Crippen LogP contribution in [0.2, 0.25) is 0 Å². The predicted octanol–water partition coefficient (Wildman–Crippen LogP) is 11.4. The summed E-state index contributed by atoms with van der Waals surface area (Å²) in [6.45, 7) is 4.75. The van der Waals surface area contributed by atoms with Crippen LogP contribution in [-0.4, -0.2) is 0 Å². The molecule has 0 fully saturated rings. The van der Waals surface area contributed by atoms with Crippen LogP contribution in [0.4, 0.5) is 0 Å². The van der Waals surface area contributed by atoms with E-state index in [4.69, 9.17) is 0 Å². The smallest absolute Gasteiger partial charge is 0.0437 e. The van der Waals surface area contributed by atoms with Crippen molar-refractivity contribution in [2.45, 2.75) is 19.3 Å². The molecule has 0 amide bonds. The maximum atomic E-state index is 2.45. The van der Waals surface area contributed by atoms with Crippen LogP contribution in [0.1, 0.15) is 25.0 Å². The van der Waals surface area contributed by atoms with Gasteiger partial charge in [-0.15, -0.1) is 11.3 Å². The van der Waals surface area contributed by atoms with Gasteiger partial charge in [-0.05, 0) is 80.4 Å². The first-order valence-corrected chi connectivity index (χ1v) is 14.8. The van der Waals surface area contributed by atoms with E-state index in [0.717, 1.165) is 0 Å². The molecular weight excluding hydrogens is 500 g/mol. The van der Waals surface area contributed by atoms with Gasteiger partial charge in [0.15, 0.2) is 0 Å². The molecule has 0 nitrogen and oxygen atoms in total. The van der Waals surface area contributed by atoms with Crippen molar-refractivity contribution >= 4 is 31.5 Å². The first-order valence-electron chi connectivity index (χ1n) is 13.9. The zero-order valence-electron chi connectivity index (χ0n) is 22.6. The molecule has 0 saturated heterocycles. The average Bonchev–Trinajstić information content (AvgIpc) is 3.50. The van der Waals surface area contributed by atoms with E-state index >= 15 is 0 Å². The summed E-state index contributed by atoms with van der Waals surface area (Å²) < 4.78 is 2.77. The quantitative estimate of drug-likeness (QED) is 0.214. The topological polar surface area (TPSA) is 0 Å². The van der Waals surface area contributed by atoms with Crippen molar-refractivity contribution in [2.24, 2.45) is 0 Å². The van der Waals surface area contributed by atoms with Crippen molar-refractivity contribution in [3.05, 3.63) is 145 Å². The molecule has 1 heterocycles. The molecule has 1 heteroatoms. The third-order valence-corrected chi connectivity index (χ3v) is 9.87. The summed E-state index contributed by atoms with van der Waals surface area (Å²) in [7, 11) is 0. The zero-order valence-corrected chi connectivity index (χ0v) is 23.4. The zero-order chi connectivity index (χ0) is 26.8.